The Balaban J connectivity index is 0.000000118. The van der Waals surface area contributed by atoms with E-state index in [1.165, 1.54) is 69.7 Å². The third-order valence-electron chi connectivity index (χ3n) is 17.7. The summed E-state index contributed by atoms with van der Waals surface area (Å²) >= 11 is 6.13. The summed E-state index contributed by atoms with van der Waals surface area (Å²) in [4.78, 5) is 106. The van der Waals surface area contributed by atoms with E-state index >= 15 is 0 Å². The number of hydrogen-bond donors (Lipinski definition) is 10. The van der Waals surface area contributed by atoms with Crippen molar-refractivity contribution in [1.82, 2.24) is 104 Å². The SMILES string of the molecule is Cc1cc(C)nc(SCc2cc(=O)n(-c3nc4ccccc4[nH]3)[nH]2)n1.Cc1ccc(-n2[nH]c(CSc3ccccc3)cc2=O)nc1.Cc1ccc(SCc2cc(=O)n(-c3nc4ccccc4[nH]3)[nH]2)cc1.N/C(=C\C(=O)Nc1nc2ccccc2[nH]1)CSc1nnc(-c2ccccc2)o1.O=c1cc(COc2ccccc2)[nH]n1-c1nc2ccccc2[nH]1. The van der Waals surface area contributed by atoms with Crippen molar-refractivity contribution in [3.63, 3.8) is 0 Å². The maximum absolute atomic E-state index is 12.3. The fraction of sp³-hybridized carbons (Fsp3) is 0.103. The van der Waals surface area contributed by atoms with Gasteiger partial charge in [0.25, 0.3) is 33.4 Å². The minimum Gasteiger partial charge on any atom is -0.487 e. The molecule has 606 valence electrons. The van der Waals surface area contributed by atoms with Crippen LogP contribution in [0.15, 0.2) is 317 Å². The number of rotatable bonds is 22. The summed E-state index contributed by atoms with van der Waals surface area (Å²) < 4.78 is 17.0. The highest BCUT2D eigenvalue weighted by Crippen LogP contribution is 2.27. The molecule has 0 bridgehead atoms. The summed E-state index contributed by atoms with van der Waals surface area (Å²) in [6.07, 6.45) is 3.07. The molecule has 19 aromatic rings. The normalized spacial score (nSPS) is 11.2. The molecule has 121 heavy (non-hydrogen) atoms. The number of nitrogens with zero attached hydrogens (tertiary/aromatic N) is 13. The van der Waals surface area contributed by atoms with Gasteiger partial charge in [-0.3, -0.25) is 49.7 Å². The molecule has 0 unspecified atom stereocenters. The number of aryl methyl sites for hydroxylation is 4. The van der Waals surface area contributed by atoms with Crippen LogP contribution in [0.2, 0.25) is 0 Å². The van der Waals surface area contributed by atoms with E-state index in [1.807, 2.05) is 215 Å². The van der Waals surface area contributed by atoms with E-state index in [-0.39, 0.29) is 34.8 Å². The molecule has 11 heterocycles. The van der Waals surface area contributed by atoms with Crippen molar-refractivity contribution in [2.45, 2.75) is 71.7 Å². The molecule has 0 radical (unpaired) electrons. The third-order valence-corrected chi connectivity index (χ3v) is 21.6. The van der Waals surface area contributed by atoms with Gasteiger partial charge >= 0.3 is 0 Å². The number of pyridine rings is 1. The molecule has 11 aromatic heterocycles. The molecule has 19 rings (SSSR count). The maximum atomic E-state index is 12.3. The number of ether oxygens (including phenoxy) is 1. The van der Waals surface area contributed by atoms with Gasteiger partial charge in [0.2, 0.25) is 29.7 Å². The number of aromatic nitrogens is 21. The summed E-state index contributed by atoms with van der Waals surface area (Å²) in [6, 6.07) is 80.0. The van der Waals surface area contributed by atoms with Crippen LogP contribution < -0.4 is 38.0 Å². The van der Waals surface area contributed by atoms with Crippen LogP contribution in [0.25, 0.3) is 79.3 Å². The van der Waals surface area contributed by atoms with Crippen LogP contribution in [-0.2, 0) is 28.7 Å². The van der Waals surface area contributed by atoms with Crippen LogP contribution in [0.1, 0.15) is 45.3 Å². The second-order valence-electron chi connectivity index (χ2n) is 27.1. The van der Waals surface area contributed by atoms with Gasteiger partial charge in [0, 0.05) is 109 Å². The van der Waals surface area contributed by atoms with Gasteiger partial charge in [-0.05, 0) is 142 Å². The molecule has 0 spiro atoms. The number of amides is 1. The van der Waals surface area contributed by atoms with Crippen LogP contribution in [0.5, 0.6) is 5.75 Å². The first-order chi connectivity index (χ1) is 59.0. The lowest BCUT2D eigenvalue weighted by molar-refractivity contribution is -0.112. The number of hydrogen-bond acceptors (Lipinski definition) is 21. The number of para-hydroxylation sites is 9. The van der Waals surface area contributed by atoms with Gasteiger partial charge in [0.15, 0.2) is 11.0 Å². The Labute approximate surface area is 705 Å². The van der Waals surface area contributed by atoms with Crippen molar-refractivity contribution in [3.05, 3.63) is 359 Å². The molecule has 0 aliphatic carbocycles. The molecule has 1 amide bonds. The number of carbonyl (C=O) groups excluding carboxylic acids is 1. The fourth-order valence-corrected chi connectivity index (χ4v) is 15.1. The van der Waals surface area contributed by atoms with Gasteiger partial charge in [-0.2, -0.15) is 14.0 Å². The molecule has 0 aliphatic heterocycles. The molecule has 8 aromatic carbocycles. The van der Waals surface area contributed by atoms with E-state index in [9.17, 15) is 24.0 Å². The van der Waals surface area contributed by atoms with Crippen molar-refractivity contribution in [1.29, 1.82) is 0 Å². The molecule has 11 N–H and O–H groups in total. The number of anilines is 1. The van der Waals surface area contributed by atoms with E-state index in [2.05, 4.69) is 134 Å². The zero-order valence-corrected chi connectivity index (χ0v) is 68.6. The van der Waals surface area contributed by atoms with Crippen molar-refractivity contribution in [2.24, 2.45) is 5.73 Å². The minimum absolute atomic E-state index is 0.0879. The van der Waals surface area contributed by atoms with Crippen LogP contribution in [0.4, 0.5) is 5.95 Å². The number of fused-ring (bicyclic) bond motifs is 4. The Kier molecular flexibility index (Phi) is 25.9. The number of imidazole rings is 4. The van der Waals surface area contributed by atoms with Crippen molar-refractivity contribution in [3.8, 4) is 40.9 Å². The average Bonchev–Trinajstić information content (AvgIpc) is 1.66. The third kappa shape index (κ3) is 21.7. The molecule has 0 saturated carbocycles. The van der Waals surface area contributed by atoms with E-state index in [4.69, 9.17) is 14.9 Å². The highest BCUT2D eigenvalue weighted by atomic mass is 32.2. The first-order valence-electron chi connectivity index (χ1n) is 37.7. The van der Waals surface area contributed by atoms with E-state index < -0.39 is 0 Å². The number of nitrogens with two attached hydrogens (primary N) is 1. The predicted octanol–water partition coefficient (Wildman–Crippen LogP) is 15.4. The fourth-order valence-electron chi connectivity index (χ4n) is 12.0. The summed E-state index contributed by atoms with van der Waals surface area (Å²) in [6.45, 7) is 8.21. The smallest absolute Gasteiger partial charge is 0.277 e. The van der Waals surface area contributed by atoms with Crippen LogP contribution in [0.3, 0.4) is 0 Å². The monoisotopic (exact) mass is 1680 g/mol. The molecular weight excluding hydrogens is 1610 g/mol. The van der Waals surface area contributed by atoms with Crippen LogP contribution >= 0.6 is 47.0 Å². The molecule has 0 saturated heterocycles. The number of aromatic amines is 8. The zero-order valence-electron chi connectivity index (χ0n) is 65.3. The van der Waals surface area contributed by atoms with E-state index in [0.29, 0.717) is 74.5 Å². The second kappa shape index (κ2) is 38.6. The van der Waals surface area contributed by atoms with Crippen molar-refractivity contribution in [2.75, 3.05) is 11.1 Å². The minimum atomic E-state index is -0.368. The number of H-pyrrole nitrogens is 8. The Morgan fingerprint density at radius 2 is 0.884 bits per heavy atom. The lowest BCUT2D eigenvalue weighted by Gasteiger charge is -2.03. The van der Waals surface area contributed by atoms with Gasteiger partial charge in [-0.1, -0.05) is 150 Å². The predicted molar refractivity (Wildman–Crippen MR) is 473 cm³/mol. The largest absolute Gasteiger partial charge is 0.487 e. The quantitative estimate of drug-likeness (QED) is 0.0171. The number of thioether (sulfide) groups is 4. The second-order valence-corrected chi connectivity index (χ2v) is 31.1. The summed E-state index contributed by atoms with van der Waals surface area (Å²) in [5.74, 6) is 5.58. The van der Waals surface area contributed by atoms with E-state index in [1.54, 1.807) is 47.9 Å². The summed E-state index contributed by atoms with van der Waals surface area (Å²) in [5, 5.41) is 24.1. The lowest BCUT2D eigenvalue weighted by Crippen LogP contribution is -2.14. The maximum Gasteiger partial charge on any atom is 0.277 e. The van der Waals surface area contributed by atoms with Crippen LogP contribution in [-0.4, -0.2) is 116 Å². The standard InChI is InChI=1S/C19H16N6O2S.C18H16N4OS.C17H16N6OS.C17H14N4O2.C16H15N3OS/c20-13(10-16(26)23-18-21-14-8-4-5-9-15(14)22-18)11-28-19-25-24-17(27-19)12-6-2-1-3-7-12;1-12-6-8-14(9-7-12)24-11-13-10-17(23)22(21-13)18-19-15-4-2-3-5-16(15)20-18;1-10-7-11(2)19-17(18-10)25-9-12-8-15(24)23(22-12)16-20-13-5-3-4-6-14(13)21-16;22-16-10-12(11-23-13-6-2-1-3-7-13)20-21(16)17-18-14-8-4-5-9-15(14)19-17;1-12-7-8-15(17-10-12)19-16(20)9-13(18-19)11-21-14-5-3-2-4-6-14/h1-10H,11,20H2,(H2,21,22,23,26);2-10,21H,11H2,1H3,(H,19,20);3-8,22H,9H2,1-2H3,(H,20,21);1-10,20H,11H2,(H,18,19);2-10,18H,11H2,1H3/b13-10-;;;;. The van der Waals surface area contributed by atoms with E-state index in [0.717, 1.165) is 95.2 Å². The Hall–Kier alpha value is -14.7. The molecule has 0 fully saturated rings. The zero-order chi connectivity index (χ0) is 83.6. The summed E-state index contributed by atoms with van der Waals surface area (Å²) in [7, 11) is 0. The number of carbonyl (C=O) groups is 1. The van der Waals surface area contributed by atoms with Gasteiger partial charge in [-0.25, -0.2) is 39.6 Å². The molecule has 34 heteroatoms. The molecular formula is C87H77N23O7S4. The van der Waals surface area contributed by atoms with Gasteiger partial charge in [-0.15, -0.1) is 33.7 Å². The number of nitrogens with one attached hydrogen (secondary N) is 9. The van der Waals surface area contributed by atoms with Gasteiger partial charge < -0.3 is 34.8 Å². The van der Waals surface area contributed by atoms with Crippen LogP contribution in [0, 0.1) is 27.7 Å². The lowest BCUT2D eigenvalue weighted by atomic mass is 10.2. The van der Waals surface area contributed by atoms with Gasteiger partial charge in [0.05, 0.1) is 49.8 Å². The highest BCUT2D eigenvalue weighted by Gasteiger charge is 2.17. The number of benzene rings is 8. The van der Waals surface area contributed by atoms with Crippen molar-refractivity contribution >= 4 is 103 Å². The topological polar surface area (TPSA) is 408 Å². The van der Waals surface area contributed by atoms with Gasteiger partial charge in [0.1, 0.15) is 12.4 Å². The Morgan fingerprint density at radius 3 is 1.40 bits per heavy atom. The average molecular weight is 1680 g/mol. The Morgan fingerprint density at radius 1 is 0.446 bits per heavy atom. The Bertz CT molecular complexity index is 6840. The highest BCUT2D eigenvalue weighted by molar-refractivity contribution is 7.99. The first-order valence-corrected chi connectivity index (χ1v) is 41.7. The summed E-state index contributed by atoms with van der Waals surface area (Å²) in [5.41, 5.74) is 20.8. The first kappa shape index (κ1) is 81.4. The molecule has 30 nitrogen and oxygen atoms in total. The van der Waals surface area contributed by atoms with Crippen molar-refractivity contribution < 1.29 is 13.9 Å². The molecule has 0 atom stereocenters. The molecule has 0 aliphatic rings.